The van der Waals surface area contributed by atoms with Crippen molar-refractivity contribution in [1.29, 1.82) is 0 Å². The van der Waals surface area contributed by atoms with E-state index in [1.807, 2.05) is 24.3 Å². The minimum absolute atomic E-state index is 0.148. The van der Waals surface area contributed by atoms with Gasteiger partial charge in [0.05, 0.1) is 4.90 Å². The largest absolute Gasteiger partial charge is 0.367 e. The Balaban J connectivity index is 2.24. The van der Waals surface area contributed by atoms with E-state index in [-0.39, 0.29) is 4.90 Å². The molecule has 0 spiro atoms. The molecule has 0 saturated heterocycles. The van der Waals surface area contributed by atoms with Gasteiger partial charge in [-0.3, -0.25) is 0 Å². The second kappa shape index (κ2) is 7.65. The Kier molecular flexibility index (Phi) is 5.86. The highest BCUT2D eigenvalue weighted by atomic mass is 35.7. The Hall–Kier alpha value is -1.52. The molecule has 22 heavy (non-hydrogen) atoms. The van der Waals surface area contributed by atoms with E-state index in [1.165, 1.54) is 6.07 Å². The summed E-state index contributed by atoms with van der Waals surface area (Å²) < 4.78 is 22.9. The molecule has 0 N–H and O–H groups in total. The van der Waals surface area contributed by atoms with E-state index < -0.39 is 9.05 Å². The van der Waals surface area contributed by atoms with Gasteiger partial charge >= 0.3 is 0 Å². The first-order valence-corrected chi connectivity index (χ1v) is 9.65. The van der Waals surface area contributed by atoms with Gasteiger partial charge in [0.1, 0.15) is 0 Å². The van der Waals surface area contributed by atoms with E-state index in [0.717, 1.165) is 30.6 Å². The molecule has 2 rings (SSSR count). The minimum Gasteiger partial charge on any atom is -0.367 e. The molecule has 0 heterocycles. The predicted octanol–water partition coefficient (Wildman–Crippen LogP) is 4.42. The molecule has 0 atom stereocenters. The Bertz CT molecular complexity index is 702. The van der Waals surface area contributed by atoms with Crippen molar-refractivity contribution in [1.82, 2.24) is 0 Å². The number of para-hydroxylation sites is 1. The van der Waals surface area contributed by atoms with Gasteiger partial charge in [0.2, 0.25) is 0 Å². The summed E-state index contributed by atoms with van der Waals surface area (Å²) in [7, 11) is 1.74. The van der Waals surface area contributed by atoms with Crippen LogP contribution in [-0.2, 0) is 15.6 Å². The fourth-order valence-electron chi connectivity index (χ4n) is 2.30. The van der Waals surface area contributed by atoms with Gasteiger partial charge in [-0.1, -0.05) is 43.7 Å². The fraction of sp³-hybridized carbons (Fsp3) is 0.294. The average Bonchev–Trinajstić information content (AvgIpc) is 2.52. The number of anilines is 1. The molecule has 5 heteroatoms. The molecule has 0 radical (unpaired) electrons. The highest BCUT2D eigenvalue weighted by Crippen LogP contribution is 2.21. The second-order valence-electron chi connectivity index (χ2n) is 5.20. The molecule has 0 aliphatic carbocycles. The van der Waals surface area contributed by atoms with Crippen LogP contribution in [0.1, 0.15) is 25.3 Å². The molecule has 2 aromatic carbocycles. The van der Waals surface area contributed by atoms with E-state index >= 15 is 0 Å². The molecule has 0 aromatic heterocycles. The highest BCUT2D eigenvalue weighted by Gasteiger charge is 2.12. The predicted molar refractivity (Wildman–Crippen MR) is 91.9 cm³/mol. The molecule has 0 aliphatic heterocycles. The standard InChI is InChI=1S/C17H20ClNO2S/c1-2-3-12-19(16-9-5-4-6-10-16)14-15-8-7-11-17(13-15)22(18,20)21/h4-11,13H,2-3,12,14H2,1H3. The van der Waals surface area contributed by atoms with Gasteiger partial charge < -0.3 is 4.90 Å². The Morgan fingerprint density at radius 1 is 1.05 bits per heavy atom. The molecule has 118 valence electrons. The number of unbranched alkanes of at least 4 members (excludes halogenated alkanes) is 1. The summed E-state index contributed by atoms with van der Waals surface area (Å²) >= 11 is 0. The van der Waals surface area contributed by atoms with Crippen molar-refractivity contribution in [2.75, 3.05) is 11.4 Å². The molecule has 0 saturated carbocycles. The second-order valence-corrected chi connectivity index (χ2v) is 7.76. The van der Waals surface area contributed by atoms with Gasteiger partial charge in [-0.25, -0.2) is 8.42 Å². The monoisotopic (exact) mass is 337 g/mol. The molecule has 2 aromatic rings. The molecule has 0 amide bonds. The SMILES string of the molecule is CCCCN(Cc1cccc(S(=O)(=O)Cl)c1)c1ccccc1. The summed E-state index contributed by atoms with van der Waals surface area (Å²) in [5.41, 5.74) is 2.07. The van der Waals surface area contributed by atoms with E-state index in [1.54, 1.807) is 12.1 Å². The van der Waals surface area contributed by atoms with Crippen molar-refractivity contribution in [2.45, 2.75) is 31.2 Å². The lowest BCUT2D eigenvalue weighted by Crippen LogP contribution is -2.23. The maximum absolute atomic E-state index is 11.5. The zero-order valence-corrected chi connectivity index (χ0v) is 14.1. The number of nitrogens with zero attached hydrogens (tertiary/aromatic N) is 1. The van der Waals surface area contributed by atoms with Gasteiger partial charge in [0, 0.05) is 29.5 Å². The summed E-state index contributed by atoms with van der Waals surface area (Å²) in [6.07, 6.45) is 2.20. The van der Waals surface area contributed by atoms with Gasteiger partial charge in [0.25, 0.3) is 9.05 Å². The lowest BCUT2D eigenvalue weighted by molar-refractivity contribution is 0.609. The number of benzene rings is 2. The Morgan fingerprint density at radius 2 is 1.77 bits per heavy atom. The first-order chi connectivity index (χ1) is 10.5. The molecule has 0 unspecified atom stereocenters. The van der Waals surface area contributed by atoms with Gasteiger partial charge in [-0.2, -0.15) is 0 Å². The van der Waals surface area contributed by atoms with Crippen molar-refractivity contribution in [2.24, 2.45) is 0 Å². The van der Waals surface area contributed by atoms with Crippen LogP contribution >= 0.6 is 10.7 Å². The first kappa shape index (κ1) is 16.8. The maximum Gasteiger partial charge on any atom is 0.261 e. The quantitative estimate of drug-likeness (QED) is 0.702. The summed E-state index contributed by atoms with van der Waals surface area (Å²) in [6.45, 7) is 3.74. The van der Waals surface area contributed by atoms with Gasteiger partial charge in [-0.15, -0.1) is 0 Å². The third kappa shape index (κ3) is 4.75. The van der Waals surface area contributed by atoms with Crippen molar-refractivity contribution in [3.05, 3.63) is 60.2 Å². The third-order valence-corrected chi connectivity index (χ3v) is 4.81. The van der Waals surface area contributed by atoms with Crippen LogP contribution < -0.4 is 4.90 Å². The van der Waals surface area contributed by atoms with Crippen LogP contribution in [-0.4, -0.2) is 15.0 Å². The highest BCUT2D eigenvalue weighted by molar-refractivity contribution is 8.13. The van der Waals surface area contributed by atoms with Gasteiger partial charge in [0.15, 0.2) is 0 Å². The normalized spacial score (nSPS) is 11.4. The topological polar surface area (TPSA) is 37.4 Å². The zero-order valence-electron chi connectivity index (χ0n) is 12.6. The van der Waals surface area contributed by atoms with Crippen molar-refractivity contribution < 1.29 is 8.42 Å². The lowest BCUT2D eigenvalue weighted by Gasteiger charge is -2.25. The van der Waals surface area contributed by atoms with E-state index in [0.29, 0.717) is 6.54 Å². The zero-order chi connectivity index (χ0) is 16.0. The number of rotatable bonds is 7. The first-order valence-electron chi connectivity index (χ1n) is 7.34. The van der Waals surface area contributed by atoms with Crippen LogP contribution in [0.2, 0.25) is 0 Å². The van der Waals surface area contributed by atoms with Crippen LogP contribution in [0.4, 0.5) is 5.69 Å². The number of halogens is 1. The van der Waals surface area contributed by atoms with Crippen LogP contribution in [0.15, 0.2) is 59.5 Å². The molecular weight excluding hydrogens is 318 g/mol. The fourth-order valence-corrected chi connectivity index (χ4v) is 3.12. The summed E-state index contributed by atoms with van der Waals surface area (Å²) in [5, 5.41) is 0. The summed E-state index contributed by atoms with van der Waals surface area (Å²) in [5.74, 6) is 0. The van der Waals surface area contributed by atoms with Gasteiger partial charge in [-0.05, 0) is 36.2 Å². The molecule has 0 fully saturated rings. The van der Waals surface area contributed by atoms with E-state index in [2.05, 4.69) is 24.0 Å². The third-order valence-electron chi connectivity index (χ3n) is 3.46. The molecule has 3 nitrogen and oxygen atoms in total. The smallest absolute Gasteiger partial charge is 0.261 e. The molecular formula is C17H20ClNO2S. The van der Waals surface area contributed by atoms with E-state index in [9.17, 15) is 8.42 Å². The summed E-state index contributed by atoms with van der Waals surface area (Å²) in [4.78, 5) is 2.40. The van der Waals surface area contributed by atoms with Crippen LogP contribution in [0.5, 0.6) is 0 Å². The summed E-state index contributed by atoms with van der Waals surface area (Å²) in [6, 6.07) is 17.0. The Morgan fingerprint density at radius 3 is 2.41 bits per heavy atom. The molecule has 0 aliphatic rings. The molecule has 0 bridgehead atoms. The van der Waals surface area contributed by atoms with Crippen LogP contribution in [0.25, 0.3) is 0 Å². The maximum atomic E-state index is 11.5. The van der Waals surface area contributed by atoms with E-state index in [4.69, 9.17) is 10.7 Å². The van der Waals surface area contributed by atoms with Crippen molar-refractivity contribution >= 4 is 25.4 Å². The van der Waals surface area contributed by atoms with Crippen LogP contribution in [0, 0.1) is 0 Å². The number of hydrogen-bond donors (Lipinski definition) is 0. The van der Waals surface area contributed by atoms with Crippen molar-refractivity contribution in [3.63, 3.8) is 0 Å². The lowest BCUT2D eigenvalue weighted by atomic mass is 10.2. The minimum atomic E-state index is -3.69. The number of hydrogen-bond acceptors (Lipinski definition) is 3. The Labute approximate surface area is 137 Å². The van der Waals surface area contributed by atoms with Crippen LogP contribution in [0.3, 0.4) is 0 Å². The van der Waals surface area contributed by atoms with Crippen molar-refractivity contribution in [3.8, 4) is 0 Å². The average molecular weight is 338 g/mol.